The minimum Gasteiger partial charge on any atom is -0.478 e. The van der Waals surface area contributed by atoms with Gasteiger partial charge in [-0.1, -0.05) is 42.5 Å². The largest absolute Gasteiger partial charge is 0.478 e. The Balaban J connectivity index is 2.31. The number of hydrogen-bond acceptors (Lipinski definition) is 4. The Bertz CT molecular complexity index is 1020. The maximum absolute atomic E-state index is 13.0. The van der Waals surface area contributed by atoms with Crippen LogP contribution in [0.3, 0.4) is 0 Å². The smallest absolute Gasteiger partial charge is 0.337 e. The SMILES string of the molecule is Nc1c(C(=O)O)cccc1S(=O)(=O)c1cccc2ccccc12. The van der Waals surface area contributed by atoms with Gasteiger partial charge in [0.25, 0.3) is 0 Å². The summed E-state index contributed by atoms with van der Waals surface area (Å²) in [7, 11) is -3.94. The van der Waals surface area contributed by atoms with E-state index >= 15 is 0 Å². The molecule has 0 saturated carbocycles. The number of hydrogen-bond donors (Lipinski definition) is 2. The molecule has 0 bridgehead atoms. The van der Waals surface area contributed by atoms with Crippen molar-refractivity contribution >= 4 is 32.3 Å². The molecule has 0 fully saturated rings. The van der Waals surface area contributed by atoms with Crippen molar-refractivity contribution < 1.29 is 18.3 Å². The summed E-state index contributed by atoms with van der Waals surface area (Å²) < 4.78 is 25.9. The molecule has 0 atom stereocenters. The summed E-state index contributed by atoms with van der Waals surface area (Å²) in [6.07, 6.45) is 0. The summed E-state index contributed by atoms with van der Waals surface area (Å²) in [4.78, 5) is 11.1. The van der Waals surface area contributed by atoms with Crippen LogP contribution in [0.25, 0.3) is 10.8 Å². The Kier molecular flexibility index (Phi) is 3.54. The molecule has 0 spiro atoms. The Morgan fingerprint density at radius 2 is 1.48 bits per heavy atom. The summed E-state index contributed by atoms with van der Waals surface area (Å²) in [5.41, 5.74) is 5.30. The van der Waals surface area contributed by atoms with E-state index < -0.39 is 15.8 Å². The Labute approximate surface area is 132 Å². The number of carbonyl (C=O) groups is 1. The van der Waals surface area contributed by atoms with Crippen LogP contribution in [0.5, 0.6) is 0 Å². The number of anilines is 1. The molecule has 0 saturated heterocycles. The molecular weight excluding hydrogens is 314 g/mol. The van der Waals surface area contributed by atoms with Crippen molar-refractivity contribution in [2.45, 2.75) is 9.79 Å². The van der Waals surface area contributed by atoms with Crippen LogP contribution in [-0.2, 0) is 9.84 Å². The van der Waals surface area contributed by atoms with E-state index in [-0.39, 0.29) is 21.0 Å². The molecule has 116 valence electrons. The lowest BCUT2D eigenvalue weighted by atomic mass is 10.1. The maximum Gasteiger partial charge on any atom is 0.337 e. The number of nitrogen functional groups attached to an aromatic ring is 1. The van der Waals surface area contributed by atoms with Crippen LogP contribution in [0.4, 0.5) is 5.69 Å². The Hall–Kier alpha value is -2.86. The van der Waals surface area contributed by atoms with Crippen molar-refractivity contribution in [2.24, 2.45) is 0 Å². The fourth-order valence-electron chi connectivity index (χ4n) is 2.51. The third kappa shape index (κ3) is 2.43. The third-order valence-electron chi connectivity index (χ3n) is 3.63. The first kappa shape index (κ1) is 15.1. The van der Waals surface area contributed by atoms with E-state index in [1.165, 1.54) is 24.3 Å². The monoisotopic (exact) mass is 327 g/mol. The van der Waals surface area contributed by atoms with E-state index in [2.05, 4.69) is 0 Å². The molecule has 23 heavy (non-hydrogen) atoms. The first-order chi connectivity index (χ1) is 10.9. The minimum atomic E-state index is -3.94. The first-order valence-corrected chi connectivity index (χ1v) is 8.26. The highest BCUT2D eigenvalue weighted by Gasteiger charge is 2.25. The van der Waals surface area contributed by atoms with Crippen molar-refractivity contribution in [3.63, 3.8) is 0 Å². The zero-order chi connectivity index (χ0) is 16.6. The molecule has 0 amide bonds. The van der Waals surface area contributed by atoms with Crippen LogP contribution in [0.1, 0.15) is 10.4 Å². The topological polar surface area (TPSA) is 97.5 Å². The van der Waals surface area contributed by atoms with Gasteiger partial charge in [0.05, 0.1) is 21.0 Å². The van der Waals surface area contributed by atoms with Crippen molar-refractivity contribution in [2.75, 3.05) is 5.73 Å². The lowest BCUT2D eigenvalue weighted by Gasteiger charge is -2.11. The molecule has 0 unspecified atom stereocenters. The minimum absolute atomic E-state index is 0.102. The fraction of sp³-hybridized carbons (Fsp3) is 0. The molecular formula is C17H13NO4S. The second kappa shape index (κ2) is 5.40. The maximum atomic E-state index is 13.0. The second-order valence-corrected chi connectivity index (χ2v) is 6.89. The summed E-state index contributed by atoms with van der Waals surface area (Å²) in [5.74, 6) is -1.27. The molecule has 3 aromatic rings. The second-order valence-electron chi connectivity index (χ2n) is 5.00. The van der Waals surface area contributed by atoms with E-state index in [1.807, 2.05) is 18.2 Å². The molecule has 3 N–H and O–H groups in total. The van der Waals surface area contributed by atoms with Crippen LogP contribution in [-0.4, -0.2) is 19.5 Å². The molecule has 0 radical (unpaired) electrons. The quantitative estimate of drug-likeness (QED) is 0.721. The molecule has 0 heterocycles. The zero-order valence-electron chi connectivity index (χ0n) is 11.9. The third-order valence-corrected chi connectivity index (χ3v) is 5.50. The zero-order valence-corrected chi connectivity index (χ0v) is 12.7. The average molecular weight is 327 g/mol. The predicted octanol–water partition coefficient (Wildman–Crippen LogP) is 2.95. The van der Waals surface area contributed by atoms with Gasteiger partial charge in [0, 0.05) is 5.39 Å². The summed E-state index contributed by atoms with van der Waals surface area (Å²) in [6, 6.07) is 16.0. The first-order valence-electron chi connectivity index (χ1n) is 6.77. The van der Waals surface area contributed by atoms with Gasteiger partial charge in [-0.3, -0.25) is 0 Å². The van der Waals surface area contributed by atoms with Gasteiger partial charge >= 0.3 is 5.97 Å². The number of sulfone groups is 1. The molecule has 3 aromatic carbocycles. The van der Waals surface area contributed by atoms with Crippen LogP contribution in [0.15, 0.2) is 70.5 Å². The van der Waals surface area contributed by atoms with Crippen LogP contribution in [0.2, 0.25) is 0 Å². The number of aromatic carboxylic acids is 1. The number of benzene rings is 3. The average Bonchev–Trinajstić information content (AvgIpc) is 2.54. The van der Waals surface area contributed by atoms with Gasteiger partial charge in [0.1, 0.15) is 0 Å². The molecule has 0 aliphatic heterocycles. The number of rotatable bonds is 3. The molecule has 6 heteroatoms. The van der Waals surface area contributed by atoms with Crippen LogP contribution in [0, 0.1) is 0 Å². The number of para-hydroxylation sites is 1. The van der Waals surface area contributed by atoms with Gasteiger partial charge in [0.15, 0.2) is 0 Å². The highest BCUT2D eigenvalue weighted by atomic mass is 32.2. The van der Waals surface area contributed by atoms with Crippen LogP contribution < -0.4 is 5.73 Å². The van der Waals surface area contributed by atoms with Gasteiger partial charge < -0.3 is 10.8 Å². The van der Waals surface area contributed by atoms with E-state index in [9.17, 15) is 13.2 Å². The normalized spacial score (nSPS) is 11.5. The van der Waals surface area contributed by atoms with Crippen molar-refractivity contribution in [3.05, 3.63) is 66.2 Å². The van der Waals surface area contributed by atoms with Gasteiger partial charge in [-0.15, -0.1) is 0 Å². The van der Waals surface area contributed by atoms with E-state index in [4.69, 9.17) is 10.8 Å². The molecule has 0 aliphatic carbocycles. The molecule has 3 rings (SSSR count). The van der Waals surface area contributed by atoms with Crippen molar-refractivity contribution in [1.29, 1.82) is 0 Å². The summed E-state index contributed by atoms with van der Waals surface area (Å²) in [5, 5.41) is 10.5. The van der Waals surface area contributed by atoms with Gasteiger partial charge in [-0.05, 0) is 23.6 Å². The number of carboxylic acid groups (broad SMARTS) is 1. The van der Waals surface area contributed by atoms with Gasteiger partial charge in [0.2, 0.25) is 9.84 Å². The summed E-state index contributed by atoms with van der Waals surface area (Å²) >= 11 is 0. The Morgan fingerprint density at radius 3 is 2.22 bits per heavy atom. The van der Waals surface area contributed by atoms with Crippen molar-refractivity contribution in [1.82, 2.24) is 0 Å². The standard InChI is InChI=1S/C17H13NO4S/c18-16-13(17(19)20)8-4-10-15(16)23(21,22)14-9-3-6-11-5-1-2-7-12(11)14/h1-10H,18H2,(H,19,20). The lowest BCUT2D eigenvalue weighted by Crippen LogP contribution is -2.10. The van der Waals surface area contributed by atoms with Gasteiger partial charge in [-0.2, -0.15) is 0 Å². The molecule has 0 aromatic heterocycles. The van der Waals surface area contributed by atoms with Gasteiger partial charge in [-0.25, -0.2) is 13.2 Å². The molecule has 0 aliphatic rings. The summed E-state index contributed by atoms with van der Waals surface area (Å²) in [6.45, 7) is 0. The number of nitrogens with two attached hydrogens (primary N) is 1. The Morgan fingerprint density at radius 1 is 0.870 bits per heavy atom. The van der Waals surface area contributed by atoms with E-state index in [1.54, 1.807) is 18.2 Å². The number of fused-ring (bicyclic) bond motifs is 1. The van der Waals surface area contributed by atoms with Crippen molar-refractivity contribution in [3.8, 4) is 0 Å². The van der Waals surface area contributed by atoms with E-state index in [0.29, 0.717) is 5.39 Å². The predicted molar refractivity (Wildman–Crippen MR) is 87.2 cm³/mol. The lowest BCUT2D eigenvalue weighted by molar-refractivity contribution is 0.0698. The fourth-order valence-corrected chi connectivity index (χ4v) is 4.14. The highest BCUT2D eigenvalue weighted by molar-refractivity contribution is 7.92. The van der Waals surface area contributed by atoms with E-state index in [0.717, 1.165) is 5.39 Å². The number of carboxylic acids is 1. The highest BCUT2D eigenvalue weighted by Crippen LogP contribution is 2.32. The molecule has 5 nitrogen and oxygen atoms in total. The van der Waals surface area contributed by atoms with Crippen LogP contribution >= 0.6 is 0 Å².